The van der Waals surface area contributed by atoms with E-state index in [9.17, 15) is 0 Å². The molecule has 0 fully saturated rings. The van der Waals surface area contributed by atoms with Gasteiger partial charge in [-0.1, -0.05) is 26.8 Å². The standard InChI is InChI=1S/C15H22O/c1-5-8-16-14-10-13-12(9-11(14)2)6-7-15(13,3)4/h9-10H,5-8H2,1-4H3. The maximum Gasteiger partial charge on any atom is 0.122 e. The molecule has 2 rings (SSSR count). The Labute approximate surface area is 98.8 Å². The van der Waals surface area contributed by atoms with E-state index in [0.717, 1.165) is 18.8 Å². The Morgan fingerprint density at radius 2 is 2.06 bits per heavy atom. The maximum absolute atomic E-state index is 5.80. The first-order valence-electron chi connectivity index (χ1n) is 6.31. The lowest BCUT2D eigenvalue weighted by Crippen LogP contribution is -2.12. The zero-order valence-electron chi connectivity index (χ0n) is 10.9. The van der Waals surface area contributed by atoms with Crippen molar-refractivity contribution in [1.29, 1.82) is 0 Å². The molecule has 1 aliphatic carbocycles. The third-order valence-corrected chi connectivity index (χ3v) is 3.61. The summed E-state index contributed by atoms with van der Waals surface area (Å²) in [4.78, 5) is 0. The van der Waals surface area contributed by atoms with Crippen molar-refractivity contribution in [3.8, 4) is 5.75 Å². The largest absolute Gasteiger partial charge is 0.493 e. The number of hydrogen-bond acceptors (Lipinski definition) is 1. The summed E-state index contributed by atoms with van der Waals surface area (Å²) in [6.07, 6.45) is 3.55. The summed E-state index contributed by atoms with van der Waals surface area (Å²) in [6.45, 7) is 9.78. The van der Waals surface area contributed by atoms with Crippen LogP contribution in [0.3, 0.4) is 0 Å². The van der Waals surface area contributed by atoms with Crippen LogP contribution in [-0.2, 0) is 11.8 Å². The molecule has 0 radical (unpaired) electrons. The van der Waals surface area contributed by atoms with Crippen LogP contribution in [-0.4, -0.2) is 6.61 Å². The van der Waals surface area contributed by atoms with Crippen LogP contribution in [0.5, 0.6) is 5.75 Å². The first kappa shape index (κ1) is 11.5. The molecule has 0 heterocycles. The van der Waals surface area contributed by atoms with Crippen LogP contribution >= 0.6 is 0 Å². The van der Waals surface area contributed by atoms with Crippen LogP contribution < -0.4 is 4.74 Å². The third kappa shape index (κ3) is 1.95. The summed E-state index contributed by atoms with van der Waals surface area (Å²) in [5, 5.41) is 0. The van der Waals surface area contributed by atoms with Gasteiger partial charge in [0.25, 0.3) is 0 Å². The van der Waals surface area contributed by atoms with Gasteiger partial charge in [0.1, 0.15) is 5.75 Å². The first-order valence-corrected chi connectivity index (χ1v) is 6.31. The molecule has 0 spiro atoms. The van der Waals surface area contributed by atoms with E-state index < -0.39 is 0 Å². The van der Waals surface area contributed by atoms with Crippen molar-refractivity contribution in [3.05, 3.63) is 28.8 Å². The summed E-state index contributed by atoms with van der Waals surface area (Å²) in [6, 6.07) is 4.59. The molecule has 0 saturated carbocycles. The molecule has 0 amide bonds. The second-order valence-corrected chi connectivity index (χ2v) is 5.51. The molecule has 0 aromatic heterocycles. The Morgan fingerprint density at radius 3 is 2.75 bits per heavy atom. The highest BCUT2D eigenvalue weighted by Gasteiger charge is 2.30. The number of hydrogen-bond donors (Lipinski definition) is 0. The molecule has 16 heavy (non-hydrogen) atoms. The summed E-state index contributed by atoms with van der Waals surface area (Å²) in [5.74, 6) is 1.08. The van der Waals surface area contributed by atoms with Gasteiger partial charge in [0.2, 0.25) is 0 Å². The Balaban J connectivity index is 2.35. The molecule has 0 aliphatic heterocycles. The fourth-order valence-corrected chi connectivity index (χ4v) is 2.53. The molecule has 88 valence electrons. The fourth-order valence-electron chi connectivity index (χ4n) is 2.53. The Morgan fingerprint density at radius 1 is 1.31 bits per heavy atom. The van der Waals surface area contributed by atoms with Crippen LogP contribution in [0, 0.1) is 6.92 Å². The summed E-state index contributed by atoms with van der Waals surface area (Å²) in [5.41, 5.74) is 4.62. The minimum absolute atomic E-state index is 0.327. The van der Waals surface area contributed by atoms with Gasteiger partial charge < -0.3 is 4.74 Å². The fraction of sp³-hybridized carbons (Fsp3) is 0.600. The van der Waals surface area contributed by atoms with E-state index in [-0.39, 0.29) is 0 Å². The molecule has 1 nitrogen and oxygen atoms in total. The molecule has 0 atom stereocenters. The number of benzene rings is 1. The van der Waals surface area contributed by atoms with Crippen molar-refractivity contribution < 1.29 is 4.74 Å². The lowest BCUT2D eigenvalue weighted by molar-refractivity contribution is 0.314. The SMILES string of the molecule is CCCOc1cc2c(cc1C)CCC2(C)C. The van der Waals surface area contributed by atoms with Gasteiger partial charge in [0, 0.05) is 0 Å². The second-order valence-electron chi connectivity index (χ2n) is 5.51. The van der Waals surface area contributed by atoms with Gasteiger partial charge >= 0.3 is 0 Å². The molecule has 0 unspecified atom stereocenters. The van der Waals surface area contributed by atoms with E-state index in [4.69, 9.17) is 4.74 Å². The van der Waals surface area contributed by atoms with E-state index in [0.29, 0.717) is 5.41 Å². The average Bonchev–Trinajstić information content (AvgIpc) is 2.51. The van der Waals surface area contributed by atoms with Gasteiger partial charge in [0.05, 0.1) is 6.61 Å². The number of aryl methyl sites for hydroxylation is 2. The molecule has 0 N–H and O–H groups in total. The molecule has 1 aromatic carbocycles. The second kappa shape index (κ2) is 4.12. The maximum atomic E-state index is 5.80. The molecular weight excluding hydrogens is 196 g/mol. The average molecular weight is 218 g/mol. The van der Waals surface area contributed by atoms with Crippen molar-refractivity contribution in [3.63, 3.8) is 0 Å². The normalized spacial score (nSPS) is 17.2. The van der Waals surface area contributed by atoms with Crippen molar-refractivity contribution in [2.24, 2.45) is 0 Å². The summed E-state index contributed by atoms with van der Waals surface area (Å²) >= 11 is 0. The van der Waals surface area contributed by atoms with Crippen LogP contribution in [0.25, 0.3) is 0 Å². The molecule has 1 aliphatic rings. The first-order chi connectivity index (χ1) is 7.54. The van der Waals surface area contributed by atoms with E-state index in [1.807, 2.05) is 0 Å². The van der Waals surface area contributed by atoms with E-state index in [1.54, 1.807) is 0 Å². The Hall–Kier alpha value is -0.980. The zero-order valence-corrected chi connectivity index (χ0v) is 10.9. The predicted octanol–water partition coefficient (Wildman–Crippen LogP) is 4.01. The number of rotatable bonds is 3. The monoisotopic (exact) mass is 218 g/mol. The van der Waals surface area contributed by atoms with Gasteiger partial charge in [0.15, 0.2) is 0 Å². The van der Waals surface area contributed by atoms with Crippen molar-refractivity contribution in [2.45, 2.75) is 52.4 Å². The highest BCUT2D eigenvalue weighted by molar-refractivity contribution is 5.47. The number of ether oxygens (including phenoxy) is 1. The highest BCUT2D eigenvalue weighted by Crippen LogP contribution is 2.41. The van der Waals surface area contributed by atoms with Gasteiger partial charge in [-0.05, 0) is 54.4 Å². The van der Waals surface area contributed by atoms with Crippen LogP contribution in [0.4, 0.5) is 0 Å². The molecule has 0 bridgehead atoms. The van der Waals surface area contributed by atoms with E-state index in [1.165, 1.54) is 29.5 Å². The molecule has 0 saturated heterocycles. The van der Waals surface area contributed by atoms with E-state index >= 15 is 0 Å². The summed E-state index contributed by atoms with van der Waals surface area (Å²) < 4.78 is 5.80. The highest BCUT2D eigenvalue weighted by atomic mass is 16.5. The van der Waals surface area contributed by atoms with Crippen LogP contribution in [0.1, 0.15) is 50.3 Å². The number of fused-ring (bicyclic) bond motifs is 1. The van der Waals surface area contributed by atoms with E-state index in [2.05, 4.69) is 39.8 Å². The van der Waals surface area contributed by atoms with Crippen molar-refractivity contribution in [2.75, 3.05) is 6.61 Å². The topological polar surface area (TPSA) is 9.23 Å². The minimum Gasteiger partial charge on any atom is -0.493 e. The Kier molecular flexibility index (Phi) is 2.96. The Bertz CT molecular complexity index is 391. The van der Waals surface area contributed by atoms with Gasteiger partial charge in [-0.25, -0.2) is 0 Å². The quantitative estimate of drug-likeness (QED) is 0.745. The van der Waals surface area contributed by atoms with Crippen molar-refractivity contribution in [1.82, 2.24) is 0 Å². The lowest BCUT2D eigenvalue weighted by atomic mass is 9.86. The smallest absolute Gasteiger partial charge is 0.122 e. The predicted molar refractivity (Wildman–Crippen MR) is 68.3 cm³/mol. The van der Waals surface area contributed by atoms with Gasteiger partial charge in [-0.15, -0.1) is 0 Å². The summed E-state index contributed by atoms with van der Waals surface area (Å²) in [7, 11) is 0. The van der Waals surface area contributed by atoms with Crippen molar-refractivity contribution >= 4 is 0 Å². The van der Waals surface area contributed by atoms with Gasteiger partial charge in [-0.2, -0.15) is 0 Å². The molecule has 1 heteroatoms. The zero-order chi connectivity index (χ0) is 11.8. The van der Waals surface area contributed by atoms with Crippen LogP contribution in [0.2, 0.25) is 0 Å². The minimum atomic E-state index is 0.327. The van der Waals surface area contributed by atoms with Crippen LogP contribution in [0.15, 0.2) is 12.1 Å². The lowest BCUT2D eigenvalue weighted by Gasteiger charge is -2.20. The third-order valence-electron chi connectivity index (χ3n) is 3.61. The van der Waals surface area contributed by atoms with Gasteiger partial charge in [-0.3, -0.25) is 0 Å². The molecule has 1 aromatic rings. The molecular formula is C15H22O.